The molecule has 2 N–H and O–H groups in total. The lowest BCUT2D eigenvalue weighted by Crippen LogP contribution is -2.53. The van der Waals surface area contributed by atoms with Crippen LogP contribution in [-0.4, -0.2) is 31.9 Å². The van der Waals surface area contributed by atoms with Gasteiger partial charge in [-0.1, -0.05) is 26.0 Å². The summed E-state index contributed by atoms with van der Waals surface area (Å²) in [6, 6.07) is 5.38. The second kappa shape index (κ2) is 5.98. The van der Waals surface area contributed by atoms with Crippen LogP contribution in [-0.2, 0) is 10.0 Å². The zero-order valence-corrected chi connectivity index (χ0v) is 12.4. The molecule has 0 amide bonds. The van der Waals surface area contributed by atoms with Gasteiger partial charge in [-0.2, -0.15) is 4.31 Å². The standard InChI is InChI=1S/C13H21FN2O2S/c1-4-13(5-2,10-15)16(3)19(17,18)12-9-7-6-8-11(12)14/h6-9H,4-5,10,15H2,1-3H3. The van der Waals surface area contributed by atoms with Crippen molar-refractivity contribution in [3.63, 3.8) is 0 Å². The summed E-state index contributed by atoms with van der Waals surface area (Å²) in [6.07, 6.45) is 1.15. The number of nitrogens with two attached hydrogens (primary N) is 1. The van der Waals surface area contributed by atoms with Gasteiger partial charge in [0, 0.05) is 19.1 Å². The minimum absolute atomic E-state index is 0.199. The van der Waals surface area contributed by atoms with Crippen LogP contribution < -0.4 is 5.73 Å². The Morgan fingerprint density at radius 1 is 1.26 bits per heavy atom. The predicted octanol–water partition coefficient (Wildman–Crippen LogP) is 1.96. The van der Waals surface area contributed by atoms with Crippen molar-refractivity contribution < 1.29 is 12.8 Å². The van der Waals surface area contributed by atoms with Crippen LogP contribution in [0.15, 0.2) is 29.2 Å². The maximum absolute atomic E-state index is 13.7. The third-order valence-electron chi connectivity index (χ3n) is 3.84. The van der Waals surface area contributed by atoms with Gasteiger partial charge in [0.05, 0.1) is 0 Å². The van der Waals surface area contributed by atoms with Crippen molar-refractivity contribution in [3.8, 4) is 0 Å². The molecule has 4 nitrogen and oxygen atoms in total. The summed E-state index contributed by atoms with van der Waals surface area (Å²) >= 11 is 0. The van der Waals surface area contributed by atoms with E-state index in [2.05, 4.69) is 0 Å². The quantitative estimate of drug-likeness (QED) is 0.870. The number of likely N-dealkylation sites (N-methyl/N-ethyl adjacent to an activating group) is 1. The first-order chi connectivity index (χ1) is 8.85. The van der Waals surface area contributed by atoms with Crippen LogP contribution in [0.3, 0.4) is 0 Å². The van der Waals surface area contributed by atoms with E-state index in [0.717, 1.165) is 6.07 Å². The zero-order chi connectivity index (χ0) is 14.7. The maximum Gasteiger partial charge on any atom is 0.246 e. The molecule has 6 heteroatoms. The van der Waals surface area contributed by atoms with Crippen molar-refractivity contribution in [3.05, 3.63) is 30.1 Å². The second-order valence-corrected chi connectivity index (χ2v) is 6.48. The lowest BCUT2D eigenvalue weighted by molar-refractivity contribution is 0.207. The molecule has 0 atom stereocenters. The molecule has 0 saturated carbocycles. The summed E-state index contributed by atoms with van der Waals surface area (Å²) in [4.78, 5) is -0.308. The summed E-state index contributed by atoms with van der Waals surface area (Å²) in [6.45, 7) is 3.96. The van der Waals surface area contributed by atoms with Gasteiger partial charge >= 0.3 is 0 Å². The molecule has 0 aliphatic carbocycles. The molecule has 0 saturated heterocycles. The maximum atomic E-state index is 13.7. The SMILES string of the molecule is CCC(CC)(CN)N(C)S(=O)(=O)c1ccccc1F. The van der Waals surface area contributed by atoms with E-state index >= 15 is 0 Å². The third-order valence-corrected chi connectivity index (χ3v) is 5.83. The van der Waals surface area contributed by atoms with E-state index in [1.807, 2.05) is 13.8 Å². The lowest BCUT2D eigenvalue weighted by Gasteiger charge is -2.38. The highest BCUT2D eigenvalue weighted by molar-refractivity contribution is 7.89. The van der Waals surface area contributed by atoms with Crippen molar-refractivity contribution >= 4 is 10.0 Å². The Morgan fingerprint density at radius 2 is 1.79 bits per heavy atom. The van der Waals surface area contributed by atoms with E-state index in [0.29, 0.717) is 12.8 Å². The van der Waals surface area contributed by atoms with Gasteiger partial charge in [-0.25, -0.2) is 12.8 Å². The smallest absolute Gasteiger partial charge is 0.246 e. The monoisotopic (exact) mass is 288 g/mol. The Balaban J connectivity index is 3.32. The molecule has 108 valence electrons. The molecule has 1 aromatic rings. The summed E-state index contributed by atoms with van der Waals surface area (Å²) in [5.74, 6) is -0.743. The fraction of sp³-hybridized carbons (Fsp3) is 0.538. The molecule has 0 aromatic heterocycles. The Hall–Kier alpha value is -0.980. The average Bonchev–Trinajstić information content (AvgIpc) is 2.41. The van der Waals surface area contributed by atoms with E-state index in [-0.39, 0.29) is 11.4 Å². The number of rotatable bonds is 6. The molecule has 19 heavy (non-hydrogen) atoms. The number of benzene rings is 1. The van der Waals surface area contributed by atoms with E-state index < -0.39 is 21.4 Å². The van der Waals surface area contributed by atoms with E-state index in [1.54, 1.807) is 0 Å². The van der Waals surface area contributed by atoms with E-state index in [9.17, 15) is 12.8 Å². The van der Waals surface area contributed by atoms with Crippen LogP contribution in [0.25, 0.3) is 0 Å². The molecule has 0 aliphatic heterocycles. The first kappa shape index (κ1) is 16.1. The first-order valence-corrected chi connectivity index (χ1v) is 7.73. The highest BCUT2D eigenvalue weighted by atomic mass is 32.2. The lowest BCUT2D eigenvalue weighted by atomic mass is 9.93. The van der Waals surface area contributed by atoms with Crippen LogP contribution in [0.1, 0.15) is 26.7 Å². The third kappa shape index (κ3) is 2.80. The summed E-state index contributed by atoms with van der Waals surface area (Å²) in [5, 5.41) is 0. The van der Waals surface area contributed by atoms with Gasteiger partial charge in [0.1, 0.15) is 10.7 Å². The van der Waals surface area contributed by atoms with Crippen molar-refractivity contribution in [1.82, 2.24) is 4.31 Å². The summed E-state index contributed by atoms with van der Waals surface area (Å²) in [7, 11) is -2.43. The van der Waals surface area contributed by atoms with Crippen LogP contribution in [0, 0.1) is 5.82 Å². The van der Waals surface area contributed by atoms with Crippen LogP contribution in [0.5, 0.6) is 0 Å². The Labute approximate surface area is 114 Å². The zero-order valence-electron chi connectivity index (χ0n) is 11.6. The Morgan fingerprint density at radius 3 is 2.21 bits per heavy atom. The molecule has 0 bridgehead atoms. The molecule has 0 heterocycles. The number of nitrogens with zero attached hydrogens (tertiary/aromatic N) is 1. The van der Waals surface area contributed by atoms with Gasteiger partial charge in [-0.05, 0) is 25.0 Å². The van der Waals surface area contributed by atoms with Crippen molar-refractivity contribution in [2.75, 3.05) is 13.6 Å². The number of hydrogen-bond donors (Lipinski definition) is 1. The number of halogens is 1. The van der Waals surface area contributed by atoms with Gasteiger partial charge in [-0.15, -0.1) is 0 Å². The molecule has 0 radical (unpaired) electrons. The van der Waals surface area contributed by atoms with Gasteiger partial charge in [0.15, 0.2) is 0 Å². The van der Waals surface area contributed by atoms with Crippen LogP contribution >= 0.6 is 0 Å². The highest BCUT2D eigenvalue weighted by Crippen LogP contribution is 2.29. The first-order valence-electron chi connectivity index (χ1n) is 6.29. The minimum Gasteiger partial charge on any atom is -0.329 e. The summed E-state index contributed by atoms with van der Waals surface area (Å²) < 4.78 is 39.9. The fourth-order valence-electron chi connectivity index (χ4n) is 2.17. The molecular formula is C13H21FN2O2S. The molecule has 1 rings (SSSR count). The van der Waals surface area contributed by atoms with Gasteiger partial charge in [0.25, 0.3) is 0 Å². The van der Waals surface area contributed by atoms with E-state index in [4.69, 9.17) is 5.73 Å². The molecule has 0 fully saturated rings. The topological polar surface area (TPSA) is 63.4 Å². The Bertz CT molecular complexity index is 519. The minimum atomic E-state index is -3.89. The predicted molar refractivity (Wildman–Crippen MR) is 73.7 cm³/mol. The van der Waals surface area contributed by atoms with Crippen LogP contribution in [0.2, 0.25) is 0 Å². The fourth-order valence-corrected chi connectivity index (χ4v) is 3.87. The summed E-state index contributed by atoms with van der Waals surface area (Å²) in [5.41, 5.74) is 5.06. The average molecular weight is 288 g/mol. The number of hydrogen-bond acceptors (Lipinski definition) is 3. The van der Waals surface area contributed by atoms with Crippen molar-refractivity contribution in [2.45, 2.75) is 37.1 Å². The van der Waals surface area contributed by atoms with Crippen molar-refractivity contribution in [2.24, 2.45) is 5.73 Å². The number of sulfonamides is 1. The Kier molecular flexibility index (Phi) is 5.06. The molecule has 0 spiro atoms. The van der Waals surface area contributed by atoms with Gasteiger partial charge < -0.3 is 5.73 Å². The molecule has 0 aliphatic rings. The highest BCUT2D eigenvalue weighted by Gasteiger charge is 2.38. The van der Waals surface area contributed by atoms with Crippen molar-refractivity contribution in [1.29, 1.82) is 0 Å². The van der Waals surface area contributed by atoms with Crippen LogP contribution in [0.4, 0.5) is 4.39 Å². The molecule has 0 unspecified atom stereocenters. The largest absolute Gasteiger partial charge is 0.329 e. The van der Waals surface area contributed by atoms with Gasteiger partial charge in [0.2, 0.25) is 10.0 Å². The second-order valence-electron chi connectivity index (χ2n) is 4.54. The van der Waals surface area contributed by atoms with Gasteiger partial charge in [-0.3, -0.25) is 0 Å². The molecule has 1 aromatic carbocycles. The normalized spacial score (nSPS) is 12.9. The molecular weight excluding hydrogens is 267 g/mol. The van der Waals surface area contributed by atoms with E-state index in [1.165, 1.54) is 29.6 Å².